The number of benzene rings is 6. The monoisotopic (exact) mass is 613 g/mol. The zero-order chi connectivity index (χ0) is 32.2. The average molecular weight is 614 g/mol. The fourth-order valence-corrected chi connectivity index (χ4v) is 6.73. The van der Waals surface area contributed by atoms with Crippen molar-refractivity contribution in [2.45, 2.75) is 0 Å². The molecule has 9 aromatic rings. The number of fused-ring (bicyclic) bond motifs is 7. The van der Waals surface area contributed by atoms with Gasteiger partial charge in [0.1, 0.15) is 17.2 Å². The summed E-state index contributed by atoms with van der Waals surface area (Å²) < 4.78 is 8.64. The molecule has 0 N–H and O–H groups in total. The van der Waals surface area contributed by atoms with Gasteiger partial charge < -0.3 is 8.98 Å². The van der Waals surface area contributed by atoms with E-state index in [0.717, 1.165) is 54.9 Å². The lowest BCUT2D eigenvalue weighted by molar-refractivity contribution is 0.671. The van der Waals surface area contributed by atoms with Gasteiger partial charge in [-0.05, 0) is 35.9 Å². The standard InChI is InChI=1S/C42H23N5O/c1-44-34-24-28(39-33(25-43)38(26-12-4-2-5-13-26)45-42(46-39)27-14-6-3-7-15-27)20-23-36(34)47-35-18-10-8-16-29(35)31-21-22-32-30-17-9-11-19-37(30)48-41(32)40(31)47/h2-24H. The molecule has 3 aromatic heterocycles. The van der Waals surface area contributed by atoms with Gasteiger partial charge in [0.15, 0.2) is 11.4 Å². The molecule has 0 amide bonds. The van der Waals surface area contributed by atoms with Crippen molar-refractivity contribution in [3.63, 3.8) is 0 Å². The predicted molar refractivity (Wildman–Crippen MR) is 191 cm³/mol. The number of hydrogen-bond donors (Lipinski definition) is 0. The molecule has 6 aromatic carbocycles. The first kappa shape index (κ1) is 27.3. The first-order valence-corrected chi connectivity index (χ1v) is 15.5. The van der Waals surface area contributed by atoms with E-state index in [1.165, 1.54) is 0 Å². The number of nitriles is 1. The van der Waals surface area contributed by atoms with Crippen molar-refractivity contribution < 1.29 is 4.42 Å². The van der Waals surface area contributed by atoms with Crippen molar-refractivity contribution in [3.05, 3.63) is 157 Å². The van der Waals surface area contributed by atoms with Crippen LogP contribution in [-0.4, -0.2) is 14.5 Å². The summed E-state index contributed by atoms with van der Waals surface area (Å²) in [7, 11) is 0. The van der Waals surface area contributed by atoms with Crippen LogP contribution in [0.1, 0.15) is 5.56 Å². The third-order valence-electron chi connectivity index (χ3n) is 8.89. The Labute approximate surface area is 275 Å². The van der Waals surface area contributed by atoms with Crippen LogP contribution in [0.4, 0.5) is 5.69 Å². The maximum absolute atomic E-state index is 10.5. The van der Waals surface area contributed by atoms with E-state index in [-0.39, 0.29) is 0 Å². The summed E-state index contributed by atoms with van der Waals surface area (Å²) in [5, 5.41) is 14.7. The van der Waals surface area contributed by atoms with Crippen molar-refractivity contribution >= 4 is 49.4 Å². The van der Waals surface area contributed by atoms with Crippen LogP contribution in [-0.2, 0) is 0 Å². The molecule has 222 valence electrons. The molecule has 6 nitrogen and oxygen atoms in total. The van der Waals surface area contributed by atoms with Crippen LogP contribution in [0.2, 0.25) is 0 Å². The zero-order valence-electron chi connectivity index (χ0n) is 25.4. The minimum absolute atomic E-state index is 0.352. The maximum atomic E-state index is 10.5. The highest BCUT2D eigenvalue weighted by Crippen LogP contribution is 2.43. The molecule has 0 aliphatic heterocycles. The fourth-order valence-electron chi connectivity index (χ4n) is 6.73. The summed E-state index contributed by atoms with van der Waals surface area (Å²) in [5.74, 6) is 0.506. The van der Waals surface area contributed by atoms with Gasteiger partial charge in [0.2, 0.25) is 5.69 Å². The summed E-state index contributed by atoms with van der Waals surface area (Å²) in [6.45, 7) is 8.36. The number of hydrogen-bond acceptors (Lipinski definition) is 4. The van der Waals surface area contributed by atoms with Crippen LogP contribution < -0.4 is 0 Å². The molecule has 48 heavy (non-hydrogen) atoms. The molecular weight excluding hydrogens is 590 g/mol. The third kappa shape index (κ3) is 4.11. The van der Waals surface area contributed by atoms with E-state index in [4.69, 9.17) is 21.0 Å². The minimum Gasteiger partial charge on any atom is -0.454 e. The van der Waals surface area contributed by atoms with Gasteiger partial charge in [-0.25, -0.2) is 14.8 Å². The Balaban J connectivity index is 1.32. The second-order valence-corrected chi connectivity index (χ2v) is 11.6. The molecule has 0 saturated carbocycles. The fraction of sp³-hybridized carbons (Fsp3) is 0. The molecular formula is C42H23N5O. The molecule has 0 fully saturated rings. The highest BCUT2D eigenvalue weighted by Gasteiger charge is 2.23. The van der Waals surface area contributed by atoms with Gasteiger partial charge in [0, 0.05) is 32.7 Å². The summed E-state index contributed by atoms with van der Waals surface area (Å²) in [6.07, 6.45) is 0. The Kier molecular flexibility index (Phi) is 6.15. The highest BCUT2D eigenvalue weighted by molar-refractivity contribution is 6.21. The molecule has 0 spiro atoms. The van der Waals surface area contributed by atoms with E-state index in [9.17, 15) is 5.26 Å². The Morgan fingerprint density at radius 2 is 1.27 bits per heavy atom. The van der Waals surface area contributed by atoms with E-state index in [0.29, 0.717) is 39.7 Å². The number of nitrogens with zero attached hydrogens (tertiary/aromatic N) is 5. The van der Waals surface area contributed by atoms with Crippen molar-refractivity contribution in [3.8, 4) is 45.7 Å². The minimum atomic E-state index is 0.352. The Bertz CT molecular complexity index is 2800. The van der Waals surface area contributed by atoms with Crippen molar-refractivity contribution in [2.24, 2.45) is 0 Å². The quantitative estimate of drug-likeness (QED) is 0.185. The molecule has 0 aliphatic carbocycles. The molecule has 0 aliphatic rings. The third-order valence-corrected chi connectivity index (χ3v) is 8.89. The Morgan fingerprint density at radius 1 is 0.625 bits per heavy atom. The average Bonchev–Trinajstić information content (AvgIpc) is 3.71. The van der Waals surface area contributed by atoms with Gasteiger partial charge in [-0.1, -0.05) is 109 Å². The van der Waals surface area contributed by atoms with Gasteiger partial charge >= 0.3 is 0 Å². The first-order chi connectivity index (χ1) is 23.7. The lowest BCUT2D eigenvalue weighted by Crippen LogP contribution is -2.01. The zero-order valence-corrected chi connectivity index (χ0v) is 25.4. The van der Waals surface area contributed by atoms with Crippen LogP contribution in [0.15, 0.2) is 144 Å². The summed E-state index contributed by atoms with van der Waals surface area (Å²) in [4.78, 5) is 13.9. The van der Waals surface area contributed by atoms with E-state index >= 15 is 0 Å². The summed E-state index contributed by atoms with van der Waals surface area (Å²) in [5.41, 5.74) is 8.28. The molecule has 3 heterocycles. The predicted octanol–water partition coefficient (Wildman–Crippen LogP) is 10.9. The van der Waals surface area contributed by atoms with Crippen molar-refractivity contribution in [1.82, 2.24) is 14.5 Å². The van der Waals surface area contributed by atoms with Crippen LogP contribution in [0, 0.1) is 17.9 Å². The second-order valence-electron chi connectivity index (χ2n) is 11.6. The van der Waals surface area contributed by atoms with Gasteiger partial charge in [0.05, 0.1) is 34.7 Å². The largest absolute Gasteiger partial charge is 0.454 e. The van der Waals surface area contributed by atoms with Crippen LogP contribution >= 0.6 is 0 Å². The van der Waals surface area contributed by atoms with Gasteiger partial charge in [-0.3, -0.25) is 0 Å². The Morgan fingerprint density at radius 3 is 2.02 bits per heavy atom. The van der Waals surface area contributed by atoms with Gasteiger partial charge in [0.25, 0.3) is 0 Å². The summed E-state index contributed by atoms with van der Waals surface area (Å²) >= 11 is 0. The lowest BCUT2D eigenvalue weighted by atomic mass is 9.99. The number of rotatable bonds is 4. The molecule has 0 bridgehead atoms. The topological polar surface area (TPSA) is 72.0 Å². The number of furan rings is 1. The maximum Gasteiger partial charge on any atom is 0.211 e. The smallest absolute Gasteiger partial charge is 0.211 e. The molecule has 6 heteroatoms. The van der Waals surface area contributed by atoms with E-state index in [2.05, 4.69) is 45.8 Å². The second kappa shape index (κ2) is 10.8. The summed E-state index contributed by atoms with van der Waals surface area (Å²) in [6, 6.07) is 48.0. The van der Waals surface area contributed by atoms with E-state index < -0.39 is 0 Å². The van der Waals surface area contributed by atoms with E-state index in [1.807, 2.05) is 109 Å². The number of aromatic nitrogens is 3. The van der Waals surface area contributed by atoms with Crippen LogP contribution in [0.3, 0.4) is 0 Å². The van der Waals surface area contributed by atoms with Crippen LogP contribution in [0.5, 0.6) is 0 Å². The lowest BCUT2D eigenvalue weighted by Gasteiger charge is -2.15. The van der Waals surface area contributed by atoms with Crippen LogP contribution in [0.25, 0.3) is 88.2 Å². The number of para-hydroxylation sites is 2. The Hall–Kier alpha value is -7.02. The van der Waals surface area contributed by atoms with Gasteiger partial charge in [-0.15, -0.1) is 0 Å². The van der Waals surface area contributed by atoms with Crippen molar-refractivity contribution in [1.29, 1.82) is 5.26 Å². The molecule has 9 rings (SSSR count). The normalized spacial score (nSPS) is 11.3. The van der Waals surface area contributed by atoms with E-state index in [1.54, 1.807) is 0 Å². The van der Waals surface area contributed by atoms with Crippen molar-refractivity contribution in [2.75, 3.05) is 0 Å². The molecule has 0 atom stereocenters. The molecule has 0 radical (unpaired) electrons. The first-order valence-electron chi connectivity index (χ1n) is 15.5. The SMILES string of the molecule is [C-]#[N+]c1cc(-c2nc(-c3ccccc3)nc(-c3ccccc3)c2C#N)ccc1-n1c2ccccc2c2ccc3c4ccccc4oc3c21. The molecule has 0 saturated heterocycles. The van der Waals surface area contributed by atoms with Gasteiger partial charge in [-0.2, -0.15) is 5.26 Å². The molecule has 0 unspecified atom stereocenters. The highest BCUT2D eigenvalue weighted by atomic mass is 16.3.